The van der Waals surface area contributed by atoms with Crippen LogP contribution in [0.15, 0.2) is 18.3 Å². The molecule has 1 aromatic rings. The molecule has 108 valence electrons. The molecule has 1 heterocycles. The van der Waals surface area contributed by atoms with E-state index in [1.807, 2.05) is 0 Å². The van der Waals surface area contributed by atoms with Crippen LogP contribution < -0.4 is 5.32 Å². The first kappa shape index (κ1) is 14.5. The van der Waals surface area contributed by atoms with Crippen molar-refractivity contribution in [1.82, 2.24) is 10.3 Å². The van der Waals surface area contributed by atoms with Crippen LogP contribution in [0.5, 0.6) is 0 Å². The zero-order valence-corrected chi connectivity index (χ0v) is 11.8. The van der Waals surface area contributed by atoms with E-state index in [1.54, 1.807) is 0 Å². The number of carboxylic acids is 1. The molecule has 1 aromatic heterocycles. The molecule has 2 unspecified atom stereocenters. The molecular formula is C15H20N2O3. The summed E-state index contributed by atoms with van der Waals surface area (Å²) in [5.74, 6) is -0.132. The minimum Gasteiger partial charge on any atom is -0.477 e. The maximum absolute atomic E-state index is 12.2. The van der Waals surface area contributed by atoms with Crippen molar-refractivity contribution in [3.8, 4) is 0 Å². The van der Waals surface area contributed by atoms with E-state index in [-0.39, 0.29) is 17.6 Å². The number of pyridine rings is 1. The monoisotopic (exact) mass is 276 g/mol. The van der Waals surface area contributed by atoms with Gasteiger partial charge in [-0.1, -0.05) is 13.8 Å². The predicted octanol–water partition coefficient (Wildman–Crippen LogP) is 2.33. The molecule has 0 bridgehead atoms. The van der Waals surface area contributed by atoms with E-state index in [0.717, 1.165) is 12.8 Å². The second-order valence-electron chi connectivity index (χ2n) is 5.82. The first-order valence-electron chi connectivity index (χ1n) is 6.96. The van der Waals surface area contributed by atoms with Crippen LogP contribution >= 0.6 is 0 Å². The Morgan fingerprint density at radius 3 is 2.50 bits per heavy atom. The van der Waals surface area contributed by atoms with Gasteiger partial charge in [0.15, 0.2) is 0 Å². The lowest BCUT2D eigenvalue weighted by Gasteiger charge is -2.31. The third kappa shape index (κ3) is 3.56. The number of hydrogen-bond donors (Lipinski definition) is 2. The highest BCUT2D eigenvalue weighted by Crippen LogP contribution is 2.28. The summed E-state index contributed by atoms with van der Waals surface area (Å²) >= 11 is 0. The van der Waals surface area contributed by atoms with Gasteiger partial charge in [0.1, 0.15) is 5.69 Å². The zero-order valence-electron chi connectivity index (χ0n) is 11.8. The Morgan fingerprint density at radius 1 is 1.25 bits per heavy atom. The lowest BCUT2D eigenvalue weighted by Crippen LogP contribution is -2.40. The van der Waals surface area contributed by atoms with Crippen molar-refractivity contribution in [2.75, 3.05) is 0 Å². The van der Waals surface area contributed by atoms with Gasteiger partial charge < -0.3 is 10.4 Å². The largest absolute Gasteiger partial charge is 0.477 e. The maximum Gasteiger partial charge on any atom is 0.354 e. The number of hydrogen-bond acceptors (Lipinski definition) is 3. The van der Waals surface area contributed by atoms with Crippen molar-refractivity contribution in [2.45, 2.75) is 39.2 Å². The Kier molecular flexibility index (Phi) is 4.37. The molecule has 2 N–H and O–H groups in total. The average Bonchev–Trinajstić information content (AvgIpc) is 2.37. The molecule has 0 radical (unpaired) electrons. The van der Waals surface area contributed by atoms with Crippen molar-refractivity contribution in [1.29, 1.82) is 0 Å². The van der Waals surface area contributed by atoms with Crippen LogP contribution in [0.1, 0.15) is 54.0 Å². The second kappa shape index (κ2) is 6.03. The van der Waals surface area contributed by atoms with Crippen LogP contribution in [0.4, 0.5) is 0 Å². The van der Waals surface area contributed by atoms with Gasteiger partial charge in [-0.25, -0.2) is 9.78 Å². The van der Waals surface area contributed by atoms with E-state index in [4.69, 9.17) is 5.11 Å². The summed E-state index contributed by atoms with van der Waals surface area (Å²) in [6.45, 7) is 4.40. The Hall–Kier alpha value is -1.91. The molecule has 5 nitrogen and oxygen atoms in total. The lowest BCUT2D eigenvalue weighted by atomic mass is 9.80. The first-order valence-corrected chi connectivity index (χ1v) is 6.96. The number of aromatic carboxylic acids is 1. The van der Waals surface area contributed by atoms with Gasteiger partial charge >= 0.3 is 5.97 Å². The third-order valence-corrected chi connectivity index (χ3v) is 3.75. The predicted molar refractivity (Wildman–Crippen MR) is 74.6 cm³/mol. The molecule has 1 aliphatic carbocycles. The molecule has 5 heteroatoms. The lowest BCUT2D eigenvalue weighted by molar-refractivity contribution is 0.0690. The summed E-state index contributed by atoms with van der Waals surface area (Å²) in [6, 6.07) is 3.02. The van der Waals surface area contributed by atoms with Crippen LogP contribution in [-0.2, 0) is 0 Å². The van der Waals surface area contributed by atoms with Gasteiger partial charge in [-0.3, -0.25) is 4.79 Å². The molecular weight excluding hydrogens is 256 g/mol. The Balaban J connectivity index is 2.04. The zero-order chi connectivity index (χ0) is 14.7. The molecule has 2 atom stereocenters. The third-order valence-electron chi connectivity index (χ3n) is 3.75. The molecule has 0 aliphatic heterocycles. The van der Waals surface area contributed by atoms with Gasteiger partial charge in [-0.05, 0) is 43.2 Å². The Bertz CT molecular complexity index is 506. The SMILES string of the molecule is CC1CC(C)CC(NC(=O)c2ccnc(C(=O)O)c2)C1. The molecule has 0 aromatic carbocycles. The number of carboxylic acid groups (broad SMARTS) is 1. The summed E-state index contributed by atoms with van der Waals surface area (Å²) in [5, 5.41) is 11.9. The van der Waals surface area contributed by atoms with Gasteiger partial charge in [-0.2, -0.15) is 0 Å². The molecule has 0 spiro atoms. The normalized spacial score (nSPS) is 26.0. The fourth-order valence-electron chi connectivity index (χ4n) is 3.02. The van der Waals surface area contributed by atoms with E-state index in [0.29, 0.717) is 17.4 Å². The number of carbonyl (C=O) groups excluding carboxylic acids is 1. The van der Waals surface area contributed by atoms with E-state index < -0.39 is 5.97 Å². The Morgan fingerprint density at radius 2 is 1.90 bits per heavy atom. The van der Waals surface area contributed by atoms with Gasteiger partial charge in [-0.15, -0.1) is 0 Å². The van der Waals surface area contributed by atoms with E-state index >= 15 is 0 Å². The highest BCUT2D eigenvalue weighted by molar-refractivity contribution is 5.96. The fourth-order valence-corrected chi connectivity index (χ4v) is 3.02. The fraction of sp³-hybridized carbons (Fsp3) is 0.533. The molecule has 1 saturated carbocycles. The van der Waals surface area contributed by atoms with Crippen molar-refractivity contribution in [3.05, 3.63) is 29.6 Å². The van der Waals surface area contributed by atoms with Gasteiger partial charge in [0.2, 0.25) is 0 Å². The molecule has 20 heavy (non-hydrogen) atoms. The minimum absolute atomic E-state index is 0.108. The summed E-state index contributed by atoms with van der Waals surface area (Å²) in [7, 11) is 0. The summed E-state index contributed by atoms with van der Waals surface area (Å²) < 4.78 is 0. The topological polar surface area (TPSA) is 79.3 Å². The highest BCUT2D eigenvalue weighted by atomic mass is 16.4. The maximum atomic E-state index is 12.2. The van der Waals surface area contributed by atoms with Crippen LogP contribution in [0.25, 0.3) is 0 Å². The van der Waals surface area contributed by atoms with E-state index in [1.165, 1.54) is 24.8 Å². The number of nitrogens with zero attached hydrogens (tertiary/aromatic N) is 1. The summed E-state index contributed by atoms with van der Waals surface area (Å²) in [4.78, 5) is 26.7. The molecule has 2 rings (SSSR count). The number of nitrogens with one attached hydrogen (secondary N) is 1. The number of amides is 1. The summed E-state index contributed by atoms with van der Waals surface area (Å²) in [6.07, 6.45) is 4.51. The van der Waals surface area contributed by atoms with Crippen molar-refractivity contribution >= 4 is 11.9 Å². The van der Waals surface area contributed by atoms with Gasteiger partial charge in [0, 0.05) is 17.8 Å². The highest BCUT2D eigenvalue weighted by Gasteiger charge is 2.25. The van der Waals surface area contributed by atoms with Crippen LogP contribution in [0.2, 0.25) is 0 Å². The van der Waals surface area contributed by atoms with Crippen molar-refractivity contribution < 1.29 is 14.7 Å². The average molecular weight is 276 g/mol. The van der Waals surface area contributed by atoms with Crippen LogP contribution in [0, 0.1) is 11.8 Å². The quantitative estimate of drug-likeness (QED) is 0.888. The molecule has 1 aliphatic rings. The first-order chi connectivity index (χ1) is 9.45. The van der Waals surface area contributed by atoms with Crippen molar-refractivity contribution in [3.63, 3.8) is 0 Å². The van der Waals surface area contributed by atoms with Crippen LogP contribution in [-0.4, -0.2) is 28.0 Å². The van der Waals surface area contributed by atoms with E-state index in [2.05, 4.69) is 24.1 Å². The summed E-state index contributed by atoms with van der Waals surface area (Å²) in [5.41, 5.74) is 0.242. The number of aromatic nitrogens is 1. The smallest absolute Gasteiger partial charge is 0.354 e. The van der Waals surface area contributed by atoms with Gasteiger partial charge in [0.05, 0.1) is 0 Å². The second-order valence-corrected chi connectivity index (χ2v) is 5.82. The standard InChI is InChI=1S/C15H20N2O3/c1-9-5-10(2)7-12(6-9)17-14(18)11-3-4-16-13(8-11)15(19)20/h3-4,8-10,12H,5-7H2,1-2H3,(H,17,18)(H,19,20). The minimum atomic E-state index is -1.13. The Labute approximate surface area is 118 Å². The van der Waals surface area contributed by atoms with Crippen LogP contribution in [0.3, 0.4) is 0 Å². The van der Waals surface area contributed by atoms with Gasteiger partial charge in [0.25, 0.3) is 5.91 Å². The molecule has 1 amide bonds. The van der Waals surface area contributed by atoms with Crippen molar-refractivity contribution in [2.24, 2.45) is 11.8 Å². The number of rotatable bonds is 3. The molecule has 1 fully saturated rings. The van der Waals surface area contributed by atoms with E-state index in [9.17, 15) is 9.59 Å². The number of carbonyl (C=O) groups is 2. The molecule has 0 saturated heterocycles.